The van der Waals surface area contributed by atoms with Crippen LogP contribution in [0.5, 0.6) is 0 Å². The molecule has 0 N–H and O–H groups in total. The molecule has 55 valence electrons. The van der Waals surface area contributed by atoms with Crippen LogP contribution in [0.3, 0.4) is 0 Å². The first-order valence-corrected chi connectivity index (χ1v) is 4.87. The van der Waals surface area contributed by atoms with Crippen molar-refractivity contribution in [1.29, 1.82) is 0 Å². The quantitative estimate of drug-likeness (QED) is 0.649. The number of hydrogen-bond donors (Lipinski definition) is 0. The van der Waals surface area contributed by atoms with Crippen LogP contribution in [0, 0.1) is 5.38 Å². The van der Waals surface area contributed by atoms with Crippen LogP contribution in [-0.4, -0.2) is 4.98 Å². The van der Waals surface area contributed by atoms with Crippen molar-refractivity contribution in [3.05, 3.63) is 27.3 Å². The van der Waals surface area contributed by atoms with Gasteiger partial charge in [0.2, 0.25) is 0 Å². The van der Waals surface area contributed by atoms with Crippen LogP contribution in [0.1, 0.15) is 0 Å². The Hall–Kier alpha value is -0.120. The molecule has 1 radical (unpaired) electrons. The van der Waals surface area contributed by atoms with Gasteiger partial charge < -0.3 is 0 Å². The van der Waals surface area contributed by atoms with E-state index in [9.17, 15) is 0 Å². The fourth-order valence-corrected chi connectivity index (χ4v) is 2.36. The summed E-state index contributed by atoms with van der Waals surface area (Å²) in [5, 5.41) is 4.64. The third-order valence-corrected chi connectivity index (χ3v) is 3.23. The zero-order chi connectivity index (χ0) is 7.84. The van der Waals surface area contributed by atoms with Crippen molar-refractivity contribution in [2.75, 3.05) is 0 Å². The van der Waals surface area contributed by atoms with E-state index in [-0.39, 0.29) is 0 Å². The van der Waals surface area contributed by atoms with Crippen LogP contribution in [0.15, 0.2) is 16.7 Å². The fraction of sp³-hybridized carbons (Fsp3) is 0. The highest BCUT2D eigenvalue weighted by Gasteiger charge is 2.04. The van der Waals surface area contributed by atoms with Crippen molar-refractivity contribution >= 4 is 49.0 Å². The molecule has 2 heterocycles. The maximum absolute atomic E-state index is 5.83. The Labute approximate surface area is 81.1 Å². The van der Waals surface area contributed by atoms with Crippen molar-refractivity contribution in [3.63, 3.8) is 0 Å². The van der Waals surface area contributed by atoms with Crippen molar-refractivity contribution in [2.45, 2.75) is 0 Å². The van der Waals surface area contributed by atoms with Gasteiger partial charge in [0.15, 0.2) is 0 Å². The van der Waals surface area contributed by atoms with E-state index in [0.29, 0.717) is 5.15 Å². The summed E-state index contributed by atoms with van der Waals surface area (Å²) in [4.78, 5) is 3.99. The van der Waals surface area contributed by atoms with Gasteiger partial charge in [-0.1, -0.05) is 11.6 Å². The summed E-state index contributed by atoms with van der Waals surface area (Å²) in [6.45, 7) is 0. The number of nitrogens with zero attached hydrogens (tertiary/aromatic N) is 1. The van der Waals surface area contributed by atoms with Crippen LogP contribution in [-0.2, 0) is 0 Å². The molecule has 1 nitrogen and oxygen atoms in total. The van der Waals surface area contributed by atoms with Gasteiger partial charge in [0.05, 0.1) is 4.70 Å². The summed E-state index contributed by atoms with van der Waals surface area (Å²) in [6, 6.07) is 1.90. The molecule has 11 heavy (non-hydrogen) atoms. The van der Waals surface area contributed by atoms with Gasteiger partial charge in [-0.05, 0) is 22.0 Å². The van der Waals surface area contributed by atoms with Crippen LogP contribution >= 0.6 is 38.9 Å². The Balaban J connectivity index is 2.96. The van der Waals surface area contributed by atoms with E-state index in [1.807, 2.05) is 6.07 Å². The van der Waals surface area contributed by atoms with Gasteiger partial charge in [0.25, 0.3) is 0 Å². The first-order chi connectivity index (χ1) is 5.29. The van der Waals surface area contributed by atoms with Gasteiger partial charge in [-0.25, -0.2) is 4.98 Å². The molecule has 2 aromatic heterocycles. The maximum atomic E-state index is 5.83. The van der Waals surface area contributed by atoms with Gasteiger partial charge in [-0.2, -0.15) is 0 Å². The maximum Gasteiger partial charge on any atom is 0.146 e. The van der Waals surface area contributed by atoms with Crippen molar-refractivity contribution in [3.8, 4) is 0 Å². The van der Waals surface area contributed by atoms with Gasteiger partial charge >= 0.3 is 0 Å². The molecule has 0 aliphatic rings. The van der Waals surface area contributed by atoms with E-state index in [1.165, 1.54) is 11.3 Å². The van der Waals surface area contributed by atoms with Gasteiger partial charge in [-0.15, -0.1) is 11.3 Å². The minimum Gasteiger partial charge on any atom is -0.242 e. The molecule has 0 spiro atoms. The summed E-state index contributed by atoms with van der Waals surface area (Å²) in [5.74, 6) is 0. The normalized spacial score (nSPS) is 10.7. The summed E-state index contributed by atoms with van der Waals surface area (Å²) >= 11 is 10.7. The van der Waals surface area contributed by atoms with Crippen molar-refractivity contribution in [2.24, 2.45) is 0 Å². The molecule has 2 aromatic rings. The molecule has 0 saturated heterocycles. The lowest BCUT2D eigenvalue weighted by Crippen LogP contribution is -1.74. The van der Waals surface area contributed by atoms with Crippen LogP contribution in [0.4, 0.5) is 0 Å². The summed E-state index contributed by atoms with van der Waals surface area (Å²) in [5.41, 5.74) is 0. The highest BCUT2D eigenvalue weighted by atomic mass is 79.9. The van der Waals surface area contributed by atoms with Crippen molar-refractivity contribution < 1.29 is 0 Å². The first kappa shape index (κ1) is 7.53. The first-order valence-electron chi connectivity index (χ1n) is 2.88. The Morgan fingerprint density at radius 2 is 2.45 bits per heavy atom. The number of aromatic nitrogens is 1. The van der Waals surface area contributed by atoms with Crippen LogP contribution in [0.25, 0.3) is 10.1 Å². The average molecular weight is 248 g/mol. The number of hydrogen-bond acceptors (Lipinski definition) is 2. The highest BCUT2D eigenvalue weighted by molar-refractivity contribution is 9.10. The summed E-state index contributed by atoms with van der Waals surface area (Å²) in [7, 11) is 0. The Kier molecular flexibility index (Phi) is 1.87. The van der Waals surface area contributed by atoms with E-state index in [1.54, 1.807) is 6.20 Å². The SMILES string of the molecule is Clc1ncc(Br)c2c[c]sc12. The fourth-order valence-electron chi connectivity index (χ4n) is 0.840. The topological polar surface area (TPSA) is 12.9 Å². The minimum atomic E-state index is 0.550. The number of thiophene rings is 1. The molecule has 0 bridgehead atoms. The highest BCUT2D eigenvalue weighted by Crippen LogP contribution is 2.31. The molecule has 0 fully saturated rings. The molecule has 0 unspecified atom stereocenters. The Morgan fingerprint density at radius 3 is 3.18 bits per heavy atom. The van der Waals surface area contributed by atoms with E-state index < -0.39 is 0 Å². The number of fused-ring (bicyclic) bond motifs is 1. The molecular formula is C7H2BrClNS. The monoisotopic (exact) mass is 246 g/mol. The smallest absolute Gasteiger partial charge is 0.146 e. The Morgan fingerprint density at radius 1 is 1.64 bits per heavy atom. The number of pyridine rings is 1. The lowest BCUT2D eigenvalue weighted by atomic mass is 10.3. The summed E-state index contributed by atoms with van der Waals surface area (Å²) < 4.78 is 1.95. The standard InChI is InChI=1S/C7H2BrClNS/c8-5-3-10-7(9)6-4(5)1-2-11-6/h1,3H. The van der Waals surface area contributed by atoms with E-state index in [4.69, 9.17) is 11.6 Å². The van der Waals surface area contributed by atoms with Gasteiger partial charge in [-0.3, -0.25) is 0 Å². The van der Waals surface area contributed by atoms with Crippen LogP contribution in [0.2, 0.25) is 5.15 Å². The molecule has 0 amide bonds. The van der Waals surface area contributed by atoms with Crippen molar-refractivity contribution in [1.82, 2.24) is 4.98 Å². The van der Waals surface area contributed by atoms with Gasteiger partial charge in [0, 0.05) is 21.4 Å². The largest absolute Gasteiger partial charge is 0.242 e. The second-order valence-electron chi connectivity index (χ2n) is 2.00. The molecular weight excluding hydrogens is 246 g/mol. The zero-order valence-corrected chi connectivity index (χ0v) is 8.42. The zero-order valence-electron chi connectivity index (χ0n) is 5.27. The lowest BCUT2D eigenvalue weighted by Gasteiger charge is -1.93. The molecule has 4 heteroatoms. The minimum absolute atomic E-state index is 0.550. The Bertz CT molecular complexity index is 362. The third kappa shape index (κ3) is 1.17. The molecule has 2 rings (SSSR count). The lowest BCUT2D eigenvalue weighted by molar-refractivity contribution is 1.36. The predicted octanol–water partition coefficient (Wildman–Crippen LogP) is 3.51. The van der Waals surface area contributed by atoms with Crippen LogP contribution < -0.4 is 0 Å². The second-order valence-corrected chi connectivity index (χ2v) is 4.06. The number of halogens is 2. The second kappa shape index (κ2) is 2.73. The third-order valence-electron chi connectivity index (χ3n) is 1.34. The number of rotatable bonds is 0. The molecule has 0 aromatic carbocycles. The van der Waals surface area contributed by atoms with E-state index in [2.05, 4.69) is 26.3 Å². The predicted molar refractivity (Wildman–Crippen MR) is 51.2 cm³/mol. The molecule has 0 aliphatic carbocycles. The average Bonchev–Trinajstić information content (AvgIpc) is 2.45. The molecule has 0 aliphatic heterocycles. The molecule has 0 saturated carbocycles. The molecule has 0 atom stereocenters. The van der Waals surface area contributed by atoms with E-state index >= 15 is 0 Å². The summed E-state index contributed by atoms with van der Waals surface area (Å²) in [6.07, 6.45) is 1.70. The van der Waals surface area contributed by atoms with Gasteiger partial charge in [0.1, 0.15) is 5.15 Å². The van der Waals surface area contributed by atoms with E-state index in [0.717, 1.165) is 14.6 Å².